The quantitative estimate of drug-likeness (QED) is 0.660. The number of esters is 1. The summed E-state index contributed by atoms with van der Waals surface area (Å²) in [6.07, 6.45) is 3.16. The van der Waals surface area contributed by atoms with E-state index in [1.807, 2.05) is 0 Å². The number of rotatable bonds is 4. The number of para-hydroxylation sites is 1. The number of ether oxygens (including phenoxy) is 2. The molecule has 0 saturated heterocycles. The standard InChI is InChI=1S/C13H13N3O3/c1-18-12-9(4-2-5-10(12)14)13(17)19-8-11-15-6-3-7-16-11/h2-7H,8,14H2,1H3. The lowest BCUT2D eigenvalue weighted by Gasteiger charge is -2.10. The minimum Gasteiger partial charge on any atom is -0.494 e. The van der Waals surface area contributed by atoms with E-state index in [0.29, 0.717) is 17.3 Å². The fourth-order valence-corrected chi connectivity index (χ4v) is 1.56. The third-order valence-electron chi connectivity index (χ3n) is 2.42. The van der Waals surface area contributed by atoms with Crippen LogP contribution >= 0.6 is 0 Å². The van der Waals surface area contributed by atoms with Gasteiger partial charge in [-0.1, -0.05) is 6.07 Å². The maximum atomic E-state index is 11.9. The minimum atomic E-state index is -0.531. The van der Waals surface area contributed by atoms with Gasteiger partial charge in [-0.15, -0.1) is 0 Å². The number of anilines is 1. The Morgan fingerprint density at radius 2 is 2.00 bits per heavy atom. The van der Waals surface area contributed by atoms with Gasteiger partial charge in [0.25, 0.3) is 0 Å². The van der Waals surface area contributed by atoms with Crippen molar-refractivity contribution >= 4 is 11.7 Å². The van der Waals surface area contributed by atoms with Crippen LogP contribution in [0.3, 0.4) is 0 Å². The molecule has 0 unspecified atom stereocenters. The van der Waals surface area contributed by atoms with E-state index in [1.54, 1.807) is 36.7 Å². The summed E-state index contributed by atoms with van der Waals surface area (Å²) in [5.74, 6) is 0.205. The summed E-state index contributed by atoms with van der Waals surface area (Å²) in [6, 6.07) is 6.58. The number of methoxy groups -OCH3 is 1. The van der Waals surface area contributed by atoms with E-state index >= 15 is 0 Å². The predicted molar refractivity (Wildman–Crippen MR) is 68.6 cm³/mol. The summed E-state index contributed by atoms with van der Waals surface area (Å²) in [6.45, 7) is -0.00235. The third kappa shape index (κ3) is 2.98. The van der Waals surface area contributed by atoms with Crippen LogP contribution in [0.5, 0.6) is 5.75 Å². The minimum absolute atomic E-state index is 0.00235. The number of hydrogen-bond acceptors (Lipinski definition) is 6. The van der Waals surface area contributed by atoms with Crippen molar-refractivity contribution in [2.45, 2.75) is 6.61 Å². The van der Waals surface area contributed by atoms with Gasteiger partial charge in [0.15, 0.2) is 18.2 Å². The van der Waals surface area contributed by atoms with Crippen molar-refractivity contribution in [3.63, 3.8) is 0 Å². The molecule has 2 rings (SSSR count). The predicted octanol–water partition coefficient (Wildman–Crippen LogP) is 1.42. The summed E-state index contributed by atoms with van der Waals surface area (Å²) < 4.78 is 10.2. The highest BCUT2D eigenvalue weighted by Crippen LogP contribution is 2.26. The summed E-state index contributed by atoms with van der Waals surface area (Å²) in [5, 5.41) is 0. The number of carbonyl (C=O) groups is 1. The Labute approximate surface area is 110 Å². The molecule has 0 radical (unpaired) electrons. The first-order valence-corrected chi connectivity index (χ1v) is 5.58. The Hall–Kier alpha value is -2.63. The molecule has 2 aromatic rings. The van der Waals surface area contributed by atoms with Gasteiger partial charge in [0.1, 0.15) is 5.56 Å². The van der Waals surface area contributed by atoms with E-state index < -0.39 is 5.97 Å². The molecule has 19 heavy (non-hydrogen) atoms. The van der Waals surface area contributed by atoms with Crippen LogP contribution in [-0.4, -0.2) is 23.0 Å². The van der Waals surface area contributed by atoms with Crippen molar-refractivity contribution in [1.29, 1.82) is 0 Å². The van der Waals surface area contributed by atoms with Gasteiger partial charge in [0, 0.05) is 12.4 Å². The molecule has 1 heterocycles. The Bertz CT molecular complexity index is 573. The molecule has 1 aromatic heterocycles. The van der Waals surface area contributed by atoms with E-state index in [9.17, 15) is 4.79 Å². The molecule has 0 aliphatic rings. The molecule has 0 bridgehead atoms. The van der Waals surface area contributed by atoms with Gasteiger partial charge in [-0.3, -0.25) is 0 Å². The number of nitrogens with two attached hydrogens (primary N) is 1. The molecule has 0 aliphatic carbocycles. The van der Waals surface area contributed by atoms with E-state index in [4.69, 9.17) is 15.2 Å². The second-order valence-electron chi connectivity index (χ2n) is 3.67. The van der Waals surface area contributed by atoms with Gasteiger partial charge < -0.3 is 15.2 Å². The molecule has 0 fully saturated rings. The second-order valence-corrected chi connectivity index (χ2v) is 3.67. The molecule has 0 amide bonds. The van der Waals surface area contributed by atoms with Crippen molar-refractivity contribution in [2.75, 3.05) is 12.8 Å². The molecule has 2 N–H and O–H groups in total. The highest BCUT2D eigenvalue weighted by molar-refractivity contribution is 5.94. The maximum Gasteiger partial charge on any atom is 0.342 e. The maximum absolute atomic E-state index is 11.9. The normalized spacial score (nSPS) is 9.95. The van der Waals surface area contributed by atoms with Crippen molar-refractivity contribution in [3.8, 4) is 5.75 Å². The Kier molecular flexibility index (Phi) is 3.92. The smallest absolute Gasteiger partial charge is 0.342 e. The Morgan fingerprint density at radius 3 is 2.68 bits per heavy atom. The highest BCUT2D eigenvalue weighted by Gasteiger charge is 2.16. The van der Waals surface area contributed by atoms with Gasteiger partial charge in [-0.05, 0) is 18.2 Å². The zero-order valence-electron chi connectivity index (χ0n) is 10.4. The van der Waals surface area contributed by atoms with Crippen LogP contribution in [0.2, 0.25) is 0 Å². The van der Waals surface area contributed by atoms with Crippen LogP contribution in [0.25, 0.3) is 0 Å². The van der Waals surface area contributed by atoms with Crippen LogP contribution in [0.15, 0.2) is 36.7 Å². The summed E-state index contributed by atoms with van der Waals surface area (Å²) in [4.78, 5) is 19.9. The molecule has 1 aromatic carbocycles. The molecule has 0 atom stereocenters. The lowest BCUT2D eigenvalue weighted by Crippen LogP contribution is -2.09. The molecule has 0 saturated carbocycles. The van der Waals surface area contributed by atoms with Gasteiger partial charge in [0.05, 0.1) is 12.8 Å². The van der Waals surface area contributed by atoms with Crippen LogP contribution in [0.1, 0.15) is 16.2 Å². The van der Waals surface area contributed by atoms with Gasteiger partial charge >= 0.3 is 5.97 Å². The zero-order chi connectivity index (χ0) is 13.7. The van der Waals surface area contributed by atoms with E-state index in [0.717, 1.165) is 0 Å². The average Bonchev–Trinajstić information content (AvgIpc) is 2.45. The summed E-state index contributed by atoms with van der Waals surface area (Å²) >= 11 is 0. The number of benzene rings is 1. The molecule has 98 valence electrons. The van der Waals surface area contributed by atoms with Gasteiger partial charge in [0.2, 0.25) is 0 Å². The fraction of sp³-hybridized carbons (Fsp3) is 0.154. The fourth-order valence-electron chi connectivity index (χ4n) is 1.56. The van der Waals surface area contributed by atoms with E-state index in [1.165, 1.54) is 7.11 Å². The Balaban J connectivity index is 2.10. The zero-order valence-corrected chi connectivity index (χ0v) is 10.4. The largest absolute Gasteiger partial charge is 0.494 e. The van der Waals surface area contributed by atoms with Crippen molar-refractivity contribution < 1.29 is 14.3 Å². The first kappa shape index (κ1) is 12.8. The van der Waals surface area contributed by atoms with Crippen molar-refractivity contribution in [2.24, 2.45) is 0 Å². The average molecular weight is 259 g/mol. The molecular weight excluding hydrogens is 246 g/mol. The highest BCUT2D eigenvalue weighted by atomic mass is 16.5. The molecular formula is C13H13N3O3. The first-order chi connectivity index (χ1) is 9.22. The summed E-state index contributed by atoms with van der Waals surface area (Å²) in [7, 11) is 1.45. The van der Waals surface area contributed by atoms with Crippen LogP contribution in [0.4, 0.5) is 5.69 Å². The molecule has 6 heteroatoms. The van der Waals surface area contributed by atoms with E-state index in [-0.39, 0.29) is 12.2 Å². The van der Waals surface area contributed by atoms with Gasteiger partial charge in [-0.25, -0.2) is 14.8 Å². The number of nitrogen functional groups attached to an aromatic ring is 1. The monoisotopic (exact) mass is 259 g/mol. The van der Waals surface area contributed by atoms with Crippen LogP contribution in [0, 0.1) is 0 Å². The molecule has 0 spiro atoms. The number of nitrogens with zero attached hydrogens (tertiary/aromatic N) is 2. The molecule has 0 aliphatic heterocycles. The lowest BCUT2D eigenvalue weighted by molar-refractivity contribution is 0.0458. The Morgan fingerprint density at radius 1 is 1.26 bits per heavy atom. The summed E-state index contributed by atoms with van der Waals surface area (Å²) in [5.41, 5.74) is 6.38. The van der Waals surface area contributed by atoms with Crippen LogP contribution in [-0.2, 0) is 11.3 Å². The van der Waals surface area contributed by atoms with Crippen molar-refractivity contribution in [3.05, 3.63) is 48.0 Å². The number of hydrogen-bond donors (Lipinski definition) is 1. The molecule has 6 nitrogen and oxygen atoms in total. The number of carbonyl (C=O) groups excluding carboxylic acids is 1. The lowest BCUT2D eigenvalue weighted by atomic mass is 10.2. The second kappa shape index (κ2) is 5.81. The topological polar surface area (TPSA) is 87.3 Å². The third-order valence-corrected chi connectivity index (χ3v) is 2.42. The van der Waals surface area contributed by atoms with Gasteiger partial charge in [-0.2, -0.15) is 0 Å². The SMILES string of the molecule is COc1c(N)cccc1C(=O)OCc1ncccn1. The van der Waals surface area contributed by atoms with E-state index in [2.05, 4.69) is 9.97 Å². The van der Waals surface area contributed by atoms with Crippen molar-refractivity contribution in [1.82, 2.24) is 9.97 Å². The first-order valence-electron chi connectivity index (χ1n) is 5.58. The number of aromatic nitrogens is 2. The van der Waals surface area contributed by atoms with Crippen LogP contribution < -0.4 is 10.5 Å².